The van der Waals surface area contributed by atoms with Crippen LogP contribution in [-0.4, -0.2) is 37.0 Å². The number of halogens is 1. The average molecular weight is 502 g/mol. The maximum Gasteiger partial charge on any atom is 0.335 e. The first-order valence-electron chi connectivity index (χ1n) is 9.56. The Morgan fingerprint density at radius 3 is 2.59 bits per heavy atom. The van der Waals surface area contributed by atoms with E-state index >= 15 is 0 Å². The zero-order valence-corrected chi connectivity index (χ0v) is 18.9. The van der Waals surface area contributed by atoms with Gasteiger partial charge in [0.2, 0.25) is 0 Å². The molecular formula is C22H20BrN3O6. The molecule has 0 atom stereocenters. The molecule has 3 N–H and O–H groups in total. The normalized spacial score (nSPS) is 15.0. The van der Waals surface area contributed by atoms with E-state index in [2.05, 4.69) is 21.2 Å². The third kappa shape index (κ3) is 4.97. The number of urea groups is 1. The van der Waals surface area contributed by atoms with Crippen LogP contribution >= 0.6 is 15.9 Å². The van der Waals surface area contributed by atoms with E-state index in [4.69, 9.17) is 15.2 Å². The second kappa shape index (κ2) is 9.65. The van der Waals surface area contributed by atoms with Crippen molar-refractivity contribution in [3.8, 4) is 11.5 Å². The molecule has 32 heavy (non-hydrogen) atoms. The minimum atomic E-state index is -0.825. The number of carbonyl (C=O) groups excluding carboxylic acids is 4. The van der Waals surface area contributed by atoms with Gasteiger partial charge in [-0.15, -0.1) is 0 Å². The van der Waals surface area contributed by atoms with Crippen molar-refractivity contribution in [1.29, 1.82) is 0 Å². The third-order valence-corrected chi connectivity index (χ3v) is 4.95. The van der Waals surface area contributed by atoms with Gasteiger partial charge in [0.05, 0.1) is 16.8 Å². The SMILES string of the molecule is CCOc1cc(C=C2C(=O)NC(=O)N(c3cccc(C)c3)C2=O)cc(Br)c1OCC(N)=O. The summed E-state index contributed by atoms with van der Waals surface area (Å²) in [6.45, 7) is 3.54. The number of nitrogens with one attached hydrogen (secondary N) is 1. The highest BCUT2D eigenvalue weighted by atomic mass is 79.9. The number of primary amides is 1. The summed E-state index contributed by atoms with van der Waals surface area (Å²) in [7, 11) is 0. The fourth-order valence-corrected chi connectivity index (χ4v) is 3.62. The van der Waals surface area contributed by atoms with E-state index in [1.807, 2.05) is 13.0 Å². The number of nitrogens with zero attached hydrogens (tertiary/aromatic N) is 1. The zero-order valence-electron chi connectivity index (χ0n) is 17.3. The first-order valence-corrected chi connectivity index (χ1v) is 10.4. The second-order valence-corrected chi connectivity index (χ2v) is 7.67. The molecule has 2 aromatic rings. The molecule has 1 aliphatic rings. The van der Waals surface area contributed by atoms with Crippen LogP contribution in [0.5, 0.6) is 11.5 Å². The first-order chi connectivity index (χ1) is 15.2. The molecule has 3 rings (SSSR count). The van der Waals surface area contributed by atoms with Crippen LogP contribution in [0.4, 0.5) is 10.5 Å². The quantitative estimate of drug-likeness (QED) is 0.443. The molecular weight excluding hydrogens is 482 g/mol. The van der Waals surface area contributed by atoms with Gasteiger partial charge in [0.15, 0.2) is 18.1 Å². The summed E-state index contributed by atoms with van der Waals surface area (Å²) in [4.78, 5) is 49.8. The maximum atomic E-state index is 13.1. The van der Waals surface area contributed by atoms with Crippen molar-refractivity contribution in [2.24, 2.45) is 5.73 Å². The summed E-state index contributed by atoms with van der Waals surface area (Å²) in [5.41, 5.74) is 6.53. The lowest BCUT2D eigenvalue weighted by Crippen LogP contribution is -2.54. The van der Waals surface area contributed by atoms with Crippen molar-refractivity contribution in [1.82, 2.24) is 5.32 Å². The highest BCUT2D eigenvalue weighted by Crippen LogP contribution is 2.37. The van der Waals surface area contributed by atoms with Gasteiger partial charge >= 0.3 is 6.03 Å². The number of benzene rings is 2. The monoisotopic (exact) mass is 501 g/mol. The molecule has 0 unspecified atom stereocenters. The topological polar surface area (TPSA) is 128 Å². The van der Waals surface area contributed by atoms with Gasteiger partial charge in [0.1, 0.15) is 5.57 Å². The van der Waals surface area contributed by atoms with E-state index in [1.54, 1.807) is 37.3 Å². The van der Waals surface area contributed by atoms with E-state index in [0.717, 1.165) is 10.5 Å². The molecule has 1 saturated heterocycles. The predicted molar refractivity (Wildman–Crippen MR) is 120 cm³/mol. The van der Waals surface area contributed by atoms with Crippen LogP contribution in [-0.2, 0) is 14.4 Å². The van der Waals surface area contributed by atoms with Gasteiger partial charge in [-0.1, -0.05) is 12.1 Å². The van der Waals surface area contributed by atoms with Crippen molar-refractivity contribution < 1.29 is 28.7 Å². The summed E-state index contributed by atoms with van der Waals surface area (Å²) >= 11 is 3.34. The lowest BCUT2D eigenvalue weighted by molar-refractivity contribution is -0.123. The molecule has 10 heteroatoms. The molecule has 166 valence electrons. The van der Waals surface area contributed by atoms with Gasteiger partial charge in [-0.25, -0.2) is 9.69 Å². The second-order valence-electron chi connectivity index (χ2n) is 6.81. The molecule has 0 saturated carbocycles. The number of anilines is 1. The Kier molecular flexibility index (Phi) is 6.94. The minimum Gasteiger partial charge on any atom is -0.490 e. The van der Waals surface area contributed by atoms with Gasteiger partial charge in [-0.2, -0.15) is 0 Å². The Hall–Kier alpha value is -3.66. The van der Waals surface area contributed by atoms with E-state index in [1.165, 1.54) is 6.08 Å². The van der Waals surface area contributed by atoms with Crippen molar-refractivity contribution in [3.05, 3.63) is 57.6 Å². The van der Waals surface area contributed by atoms with E-state index < -0.39 is 23.8 Å². The Labute approximate surface area is 192 Å². The molecule has 0 aromatic heterocycles. The molecule has 9 nitrogen and oxygen atoms in total. The van der Waals surface area contributed by atoms with Crippen LogP contribution in [0.15, 0.2) is 46.4 Å². The van der Waals surface area contributed by atoms with E-state index in [-0.39, 0.29) is 23.7 Å². The van der Waals surface area contributed by atoms with E-state index in [9.17, 15) is 19.2 Å². The van der Waals surface area contributed by atoms with Gasteiger partial charge in [-0.05, 0) is 71.2 Å². The smallest absolute Gasteiger partial charge is 0.335 e. The molecule has 1 heterocycles. The fraction of sp³-hybridized carbons (Fsp3) is 0.182. The number of barbiturate groups is 1. The van der Waals surface area contributed by atoms with Crippen LogP contribution in [0.2, 0.25) is 0 Å². The Morgan fingerprint density at radius 1 is 1.19 bits per heavy atom. The number of nitrogens with two attached hydrogens (primary N) is 1. The van der Waals surface area contributed by atoms with Gasteiger partial charge in [0, 0.05) is 0 Å². The molecule has 1 fully saturated rings. The van der Waals surface area contributed by atoms with Gasteiger partial charge < -0.3 is 15.2 Å². The molecule has 2 aromatic carbocycles. The van der Waals surface area contributed by atoms with Crippen molar-refractivity contribution in [2.45, 2.75) is 13.8 Å². The fourth-order valence-electron chi connectivity index (χ4n) is 3.04. The summed E-state index contributed by atoms with van der Waals surface area (Å²) in [6, 6.07) is 9.11. The largest absolute Gasteiger partial charge is 0.490 e. The Balaban J connectivity index is 2.01. The summed E-state index contributed by atoms with van der Waals surface area (Å²) in [6.07, 6.45) is 1.35. The molecule has 0 aliphatic carbocycles. The lowest BCUT2D eigenvalue weighted by Gasteiger charge is -2.26. The number of carbonyl (C=O) groups is 4. The highest BCUT2D eigenvalue weighted by Gasteiger charge is 2.36. The lowest BCUT2D eigenvalue weighted by atomic mass is 10.1. The van der Waals surface area contributed by atoms with Crippen molar-refractivity contribution in [2.75, 3.05) is 18.1 Å². The number of rotatable bonds is 7. The van der Waals surface area contributed by atoms with Crippen molar-refractivity contribution in [3.63, 3.8) is 0 Å². The Bertz CT molecular complexity index is 1140. The van der Waals surface area contributed by atoms with E-state index in [0.29, 0.717) is 22.3 Å². The van der Waals surface area contributed by atoms with Gasteiger partial charge in [-0.3, -0.25) is 19.7 Å². The van der Waals surface area contributed by atoms with Crippen LogP contribution in [0, 0.1) is 6.92 Å². The highest BCUT2D eigenvalue weighted by molar-refractivity contribution is 9.10. The number of hydrogen-bond donors (Lipinski definition) is 2. The van der Waals surface area contributed by atoms with Crippen LogP contribution in [0.25, 0.3) is 6.08 Å². The molecule has 0 radical (unpaired) electrons. The summed E-state index contributed by atoms with van der Waals surface area (Å²) in [5.74, 6) is -1.69. The average Bonchev–Trinajstić information content (AvgIpc) is 2.70. The molecule has 5 amide bonds. The zero-order chi connectivity index (χ0) is 23.4. The molecule has 0 spiro atoms. The first kappa shape index (κ1) is 23.0. The maximum absolute atomic E-state index is 13.1. The van der Waals surface area contributed by atoms with Crippen molar-refractivity contribution >= 4 is 51.4 Å². The molecule has 1 aliphatic heterocycles. The number of imide groups is 2. The van der Waals surface area contributed by atoms with Crippen LogP contribution in [0.3, 0.4) is 0 Å². The minimum absolute atomic E-state index is 0.230. The van der Waals surface area contributed by atoms with Crippen LogP contribution < -0.4 is 25.4 Å². The van der Waals surface area contributed by atoms with Crippen LogP contribution in [0.1, 0.15) is 18.1 Å². The number of ether oxygens (including phenoxy) is 2. The Morgan fingerprint density at radius 2 is 1.94 bits per heavy atom. The van der Waals surface area contributed by atoms with Gasteiger partial charge in [0.25, 0.3) is 17.7 Å². The standard InChI is InChI=1S/C22H20BrN3O6/c1-3-31-17-10-13(9-16(23)19(17)32-11-18(24)27)8-15-20(28)25-22(30)26(21(15)29)14-6-4-5-12(2)7-14/h4-10H,3,11H2,1-2H3,(H2,24,27)(H,25,28,30). The predicted octanol–water partition coefficient (Wildman–Crippen LogP) is 2.69. The third-order valence-electron chi connectivity index (χ3n) is 4.36. The summed E-state index contributed by atoms with van der Waals surface area (Å²) in [5, 5.41) is 2.19. The number of hydrogen-bond acceptors (Lipinski definition) is 6. The number of amides is 5. The molecule has 0 bridgehead atoms. The summed E-state index contributed by atoms with van der Waals surface area (Å²) < 4.78 is 11.4. The number of aryl methyl sites for hydroxylation is 1.